The third-order valence-corrected chi connectivity index (χ3v) is 7.53. The summed E-state index contributed by atoms with van der Waals surface area (Å²) in [6.45, 7) is 16.2. The van der Waals surface area contributed by atoms with Crippen LogP contribution in [-0.2, 0) is 20.6 Å². The van der Waals surface area contributed by atoms with Crippen LogP contribution in [0.2, 0.25) is 0 Å². The first kappa shape index (κ1) is 25.2. The first-order valence-corrected chi connectivity index (χ1v) is 12.2. The molecule has 0 spiro atoms. The third-order valence-electron chi connectivity index (χ3n) is 5.71. The van der Waals surface area contributed by atoms with Gasteiger partial charge in [-0.3, -0.25) is 4.57 Å². The summed E-state index contributed by atoms with van der Waals surface area (Å²) in [5.74, 6) is 0.245. The van der Waals surface area contributed by atoms with Crippen LogP contribution in [0.15, 0.2) is 12.1 Å². The number of hydrogen-bond donors (Lipinski definition) is 3. The van der Waals surface area contributed by atoms with Crippen LogP contribution >= 0.6 is 7.60 Å². The van der Waals surface area contributed by atoms with Gasteiger partial charge in [-0.25, -0.2) is 0 Å². The quantitative estimate of drug-likeness (QED) is 0.413. The molecule has 0 radical (unpaired) electrons. The minimum atomic E-state index is -4.43. The van der Waals surface area contributed by atoms with E-state index in [9.17, 15) is 19.5 Å². The Morgan fingerprint density at radius 3 is 1.43 bits per heavy atom. The van der Waals surface area contributed by atoms with Crippen LogP contribution in [0.1, 0.15) is 111 Å². The minimum Gasteiger partial charge on any atom is -0.507 e. The number of benzene rings is 1. The predicted molar refractivity (Wildman–Crippen MR) is 118 cm³/mol. The van der Waals surface area contributed by atoms with Gasteiger partial charge in [-0.1, -0.05) is 93.2 Å². The van der Waals surface area contributed by atoms with Gasteiger partial charge >= 0.3 is 7.60 Å². The Morgan fingerprint density at radius 1 is 0.821 bits per heavy atom. The highest BCUT2D eigenvalue weighted by Crippen LogP contribution is 2.63. The van der Waals surface area contributed by atoms with Crippen LogP contribution in [0, 0.1) is 0 Å². The van der Waals surface area contributed by atoms with Crippen molar-refractivity contribution in [1.82, 2.24) is 0 Å². The van der Waals surface area contributed by atoms with Crippen molar-refractivity contribution in [3.05, 3.63) is 28.8 Å². The van der Waals surface area contributed by atoms with E-state index in [0.29, 0.717) is 18.4 Å². The topological polar surface area (TPSA) is 77.8 Å². The highest BCUT2D eigenvalue weighted by molar-refractivity contribution is 7.53. The van der Waals surface area contributed by atoms with E-state index in [1.54, 1.807) is 0 Å². The maximum Gasteiger partial charge on any atom is 0.335 e. The normalized spacial score (nSPS) is 13.8. The molecule has 0 aromatic heterocycles. The van der Waals surface area contributed by atoms with E-state index in [0.717, 1.165) is 36.8 Å². The van der Waals surface area contributed by atoms with Gasteiger partial charge in [0.05, 0.1) is 5.16 Å². The second-order valence-electron chi connectivity index (χ2n) is 10.2. The number of hydrogen-bond acceptors (Lipinski definition) is 2. The molecule has 0 amide bonds. The van der Waals surface area contributed by atoms with Gasteiger partial charge in [0, 0.05) is 0 Å². The van der Waals surface area contributed by atoms with E-state index >= 15 is 0 Å². The molecule has 1 rings (SSSR count). The lowest BCUT2D eigenvalue weighted by Crippen LogP contribution is -2.29. The van der Waals surface area contributed by atoms with Crippen molar-refractivity contribution < 1.29 is 19.5 Å². The largest absolute Gasteiger partial charge is 0.507 e. The van der Waals surface area contributed by atoms with E-state index in [-0.39, 0.29) is 16.6 Å². The van der Waals surface area contributed by atoms with Gasteiger partial charge in [0.25, 0.3) is 0 Å². The van der Waals surface area contributed by atoms with Crippen molar-refractivity contribution in [2.75, 3.05) is 0 Å². The molecule has 0 fully saturated rings. The Balaban J connectivity index is 3.93. The molecule has 1 aromatic carbocycles. The summed E-state index contributed by atoms with van der Waals surface area (Å²) < 4.78 is 12.9. The van der Waals surface area contributed by atoms with E-state index in [4.69, 9.17) is 0 Å². The first-order chi connectivity index (χ1) is 12.6. The summed E-state index contributed by atoms with van der Waals surface area (Å²) in [5, 5.41) is 9.81. The number of unbranched alkanes of at least 4 members (excludes halogenated alkanes) is 2. The monoisotopic (exact) mass is 412 g/mol. The van der Waals surface area contributed by atoms with Crippen molar-refractivity contribution >= 4 is 7.60 Å². The highest BCUT2D eigenvalue weighted by atomic mass is 31.2. The lowest BCUT2D eigenvalue weighted by atomic mass is 9.75. The molecule has 0 aliphatic heterocycles. The number of phenols is 1. The van der Waals surface area contributed by atoms with Gasteiger partial charge in [0.2, 0.25) is 0 Å². The summed E-state index contributed by atoms with van der Waals surface area (Å²) in [6, 6.07) is 3.71. The summed E-state index contributed by atoms with van der Waals surface area (Å²) in [6.07, 6.45) is 4.17. The van der Waals surface area contributed by atoms with Gasteiger partial charge in [-0.2, -0.15) is 0 Å². The Labute approximate surface area is 171 Å². The lowest BCUT2D eigenvalue weighted by Gasteiger charge is -2.38. The molecule has 5 heteroatoms. The van der Waals surface area contributed by atoms with Gasteiger partial charge in [0.1, 0.15) is 5.75 Å². The number of phenolic OH excluding ortho intramolecular Hbond substituents is 1. The zero-order valence-corrected chi connectivity index (χ0v) is 20.0. The molecule has 0 aliphatic carbocycles. The summed E-state index contributed by atoms with van der Waals surface area (Å²) >= 11 is 0. The van der Waals surface area contributed by atoms with E-state index in [2.05, 4.69) is 0 Å². The summed E-state index contributed by atoms with van der Waals surface area (Å²) in [7, 11) is -4.43. The molecule has 162 valence electrons. The fourth-order valence-electron chi connectivity index (χ4n) is 3.86. The van der Waals surface area contributed by atoms with Crippen molar-refractivity contribution in [2.45, 2.75) is 110 Å². The molecule has 0 heterocycles. The fraction of sp³-hybridized carbons (Fsp3) is 0.739. The molecular formula is C23H41O4P. The zero-order valence-electron chi connectivity index (χ0n) is 19.1. The highest BCUT2D eigenvalue weighted by Gasteiger charge is 2.48. The molecule has 28 heavy (non-hydrogen) atoms. The Hall–Kier alpha value is -0.830. The first-order valence-electron chi connectivity index (χ1n) is 10.6. The number of rotatable bonds is 8. The van der Waals surface area contributed by atoms with E-state index in [1.165, 1.54) is 0 Å². The van der Waals surface area contributed by atoms with Crippen molar-refractivity contribution in [2.24, 2.45) is 0 Å². The molecule has 0 saturated heterocycles. The van der Waals surface area contributed by atoms with Gasteiger partial charge in [0.15, 0.2) is 0 Å². The molecule has 0 saturated carbocycles. The second-order valence-corrected chi connectivity index (χ2v) is 12.1. The smallest absolute Gasteiger partial charge is 0.335 e. The van der Waals surface area contributed by atoms with Crippen LogP contribution in [0.4, 0.5) is 0 Å². The predicted octanol–water partition coefficient (Wildman–Crippen LogP) is 6.74. The van der Waals surface area contributed by atoms with Crippen LogP contribution in [-0.4, -0.2) is 14.9 Å². The number of aromatic hydroxyl groups is 1. The SMILES string of the molecule is CCCCC(CCCC)(c1cc(C(C)(C)C)c(O)c(C(C)(C)C)c1)P(=O)(O)O. The summed E-state index contributed by atoms with van der Waals surface area (Å²) in [4.78, 5) is 21.1. The minimum absolute atomic E-state index is 0.245. The van der Waals surface area contributed by atoms with Crippen LogP contribution < -0.4 is 0 Å². The Bertz CT molecular complexity index is 661. The fourth-order valence-corrected chi connectivity index (χ4v) is 5.22. The van der Waals surface area contributed by atoms with E-state index in [1.807, 2.05) is 67.5 Å². The second kappa shape index (κ2) is 8.90. The molecule has 0 unspecified atom stereocenters. The van der Waals surface area contributed by atoms with Crippen molar-refractivity contribution in [1.29, 1.82) is 0 Å². The lowest BCUT2D eigenvalue weighted by molar-refractivity contribution is 0.299. The van der Waals surface area contributed by atoms with Crippen LogP contribution in [0.3, 0.4) is 0 Å². The molecule has 0 bridgehead atoms. The molecule has 0 aliphatic rings. The standard InChI is InChI=1S/C23H41O4P/c1-9-11-13-23(14-12-10-2,28(25,26)27)17-15-18(21(3,4)5)20(24)19(16-17)22(6,7)8/h15-16,24H,9-14H2,1-8H3,(H2,25,26,27). The third kappa shape index (κ3) is 5.40. The van der Waals surface area contributed by atoms with Gasteiger partial charge in [-0.05, 0) is 40.4 Å². The molecule has 4 nitrogen and oxygen atoms in total. The average Bonchev–Trinajstić information content (AvgIpc) is 2.52. The van der Waals surface area contributed by atoms with Gasteiger partial charge in [-0.15, -0.1) is 0 Å². The molecular weight excluding hydrogens is 371 g/mol. The Morgan fingerprint density at radius 2 is 1.18 bits per heavy atom. The molecule has 3 N–H and O–H groups in total. The van der Waals surface area contributed by atoms with Crippen molar-refractivity contribution in [3.8, 4) is 5.75 Å². The van der Waals surface area contributed by atoms with E-state index < -0.39 is 12.8 Å². The maximum atomic E-state index is 12.9. The molecule has 0 atom stereocenters. The van der Waals surface area contributed by atoms with Crippen molar-refractivity contribution in [3.63, 3.8) is 0 Å². The van der Waals surface area contributed by atoms with Gasteiger partial charge < -0.3 is 14.9 Å². The average molecular weight is 413 g/mol. The van der Waals surface area contributed by atoms with Crippen LogP contribution in [0.25, 0.3) is 0 Å². The maximum absolute atomic E-state index is 12.9. The zero-order chi connectivity index (χ0) is 22.0. The summed E-state index contributed by atoms with van der Waals surface area (Å²) in [5.41, 5.74) is 1.50. The Kier molecular flexibility index (Phi) is 8.01. The molecule has 1 aromatic rings. The van der Waals surface area contributed by atoms with Crippen LogP contribution in [0.5, 0.6) is 5.75 Å².